The molecule has 0 aromatic carbocycles. The van der Waals surface area contributed by atoms with Gasteiger partial charge in [0.05, 0.1) is 0 Å². The molecule has 0 radical (unpaired) electrons. The number of hydrogen-bond donors (Lipinski definition) is 1. The minimum absolute atomic E-state index is 0.833. The Morgan fingerprint density at radius 3 is 1.57 bits per heavy atom. The Bertz CT molecular complexity index is 37.3. The second-order valence-electron chi connectivity index (χ2n) is 1.23. The first-order valence-corrected chi connectivity index (χ1v) is 2.34. The maximum atomic E-state index is 9.00. The van der Waals surface area contributed by atoms with Crippen LogP contribution in [0.2, 0.25) is 0 Å². The first-order chi connectivity index (χ1) is 3.15. The zero-order chi connectivity index (χ0) is 6.28. The van der Waals surface area contributed by atoms with Crippen molar-refractivity contribution >= 4 is 5.97 Å². The molecule has 0 heterocycles. The Hall–Kier alpha value is -0.530. The second-order valence-corrected chi connectivity index (χ2v) is 1.23. The summed E-state index contributed by atoms with van der Waals surface area (Å²) >= 11 is 0. The first kappa shape index (κ1) is 9.69. The standard InChI is InChI=1S/C3H8.C2H4O2/c1-3-2;1-2(3)4/h3H2,1-2H3;1H3,(H,3,4). The van der Waals surface area contributed by atoms with Crippen molar-refractivity contribution in [1.82, 2.24) is 0 Å². The highest BCUT2D eigenvalue weighted by Gasteiger charge is 1.65. The fourth-order valence-corrected chi connectivity index (χ4v) is 0. The summed E-state index contributed by atoms with van der Waals surface area (Å²) in [5, 5.41) is 7.42. The number of carboxylic acid groups (broad SMARTS) is 1. The third-order valence-electron chi connectivity index (χ3n) is 0. The molecule has 0 fully saturated rings. The van der Waals surface area contributed by atoms with Crippen LogP contribution in [0.4, 0.5) is 0 Å². The van der Waals surface area contributed by atoms with E-state index in [0.29, 0.717) is 0 Å². The van der Waals surface area contributed by atoms with Gasteiger partial charge in [-0.25, -0.2) is 0 Å². The van der Waals surface area contributed by atoms with Gasteiger partial charge in [0.15, 0.2) is 0 Å². The van der Waals surface area contributed by atoms with Crippen molar-refractivity contribution in [1.29, 1.82) is 0 Å². The van der Waals surface area contributed by atoms with E-state index in [9.17, 15) is 0 Å². The zero-order valence-corrected chi connectivity index (χ0v) is 5.06. The van der Waals surface area contributed by atoms with Crippen LogP contribution in [0.1, 0.15) is 27.2 Å². The summed E-state index contributed by atoms with van der Waals surface area (Å²) in [6, 6.07) is 0. The topological polar surface area (TPSA) is 37.3 Å². The van der Waals surface area contributed by atoms with E-state index < -0.39 is 5.97 Å². The van der Waals surface area contributed by atoms with Crippen LogP contribution in [0.25, 0.3) is 0 Å². The van der Waals surface area contributed by atoms with Crippen molar-refractivity contribution in [3.05, 3.63) is 0 Å². The molecule has 0 atom stereocenters. The average molecular weight is 104 g/mol. The lowest BCUT2D eigenvalue weighted by atomic mass is 10.6. The third kappa shape index (κ3) is 234. The average Bonchev–Trinajstić information content (AvgIpc) is 1.33. The Morgan fingerprint density at radius 1 is 1.57 bits per heavy atom. The highest BCUT2D eigenvalue weighted by molar-refractivity contribution is 5.62. The van der Waals surface area contributed by atoms with Crippen molar-refractivity contribution in [2.24, 2.45) is 0 Å². The largest absolute Gasteiger partial charge is 0.481 e. The van der Waals surface area contributed by atoms with E-state index in [1.165, 1.54) is 6.42 Å². The molecule has 0 spiro atoms. The molecule has 2 heteroatoms. The lowest BCUT2D eigenvalue weighted by Gasteiger charge is -1.59. The molecule has 0 amide bonds. The van der Waals surface area contributed by atoms with Crippen LogP contribution < -0.4 is 0 Å². The molecular weight excluding hydrogens is 92.1 g/mol. The molecule has 44 valence electrons. The summed E-state index contributed by atoms with van der Waals surface area (Å²) in [6.45, 7) is 5.33. The maximum absolute atomic E-state index is 9.00. The SMILES string of the molecule is CC(=O)O.CCC. The van der Waals surface area contributed by atoms with Gasteiger partial charge >= 0.3 is 0 Å². The van der Waals surface area contributed by atoms with E-state index in [0.717, 1.165) is 6.92 Å². The van der Waals surface area contributed by atoms with Gasteiger partial charge in [0.2, 0.25) is 0 Å². The van der Waals surface area contributed by atoms with E-state index in [4.69, 9.17) is 9.90 Å². The Labute approximate surface area is 44.2 Å². The van der Waals surface area contributed by atoms with Gasteiger partial charge in [0.1, 0.15) is 0 Å². The van der Waals surface area contributed by atoms with Gasteiger partial charge in [-0.15, -0.1) is 0 Å². The van der Waals surface area contributed by atoms with E-state index >= 15 is 0 Å². The lowest BCUT2D eigenvalue weighted by molar-refractivity contribution is -0.134. The monoisotopic (exact) mass is 104 g/mol. The second kappa shape index (κ2) is 9.08. The highest BCUT2D eigenvalue weighted by Crippen LogP contribution is 1.56. The predicted octanol–water partition coefficient (Wildman–Crippen LogP) is 1.51. The smallest absolute Gasteiger partial charge is 0.300 e. The van der Waals surface area contributed by atoms with Gasteiger partial charge < -0.3 is 5.11 Å². The normalized spacial score (nSPS) is 6.14. The van der Waals surface area contributed by atoms with Crippen molar-refractivity contribution < 1.29 is 9.90 Å². The molecule has 7 heavy (non-hydrogen) atoms. The van der Waals surface area contributed by atoms with Crippen LogP contribution in [0.5, 0.6) is 0 Å². The minimum atomic E-state index is -0.833. The lowest BCUT2D eigenvalue weighted by Crippen LogP contribution is -1.78. The number of rotatable bonds is 0. The molecule has 2 nitrogen and oxygen atoms in total. The number of carboxylic acids is 1. The van der Waals surface area contributed by atoms with Crippen LogP contribution in [0.15, 0.2) is 0 Å². The summed E-state index contributed by atoms with van der Waals surface area (Å²) < 4.78 is 0. The van der Waals surface area contributed by atoms with Crippen LogP contribution in [-0.4, -0.2) is 11.1 Å². The quantitative estimate of drug-likeness (QED) is 0.505. The zero-order valence-electron chi connectivity index (χ0n) is 5.06. The number of carbonyl (C=O) groups is 1. The Kier molecular flexibility index (Phi) is 12.6. The summed E-state index contributed by atoms with van der Waals surface area (Å²) in [5.41, 5.74) is 0. The molecule has 1 N–H and O–H groups in total. The van der Waals surface area contributed by atoms with Crippen molar-refractivity contribution in [2.75, 3.05) is 0 Å². The van der Waals surface area contributed by atoms with Gasteiger partial charge in [-0.1, -0.05) is 20.3 Å². The minimum Gasteiger partial charge on any atom is -0.481 e. The molecule has 0 aromatic heterocycles. The van der Waals surface area contributed by atoms with Crippen molar-refractivity contribution in [2.45, 2.75) is 27.2 Å². The van der Waals surface area contributed by atoms with Gasteiger partial charge in [-0.05, 0) is 0 Å². The summed E-state index contributed by atoms with van der Waals surface area (Å²) in [6.07, 6.45) is 1.25. The van der Waals surface area contributed by atoms with E-state index in [-0.39, 0.29) is 0 Å². The highest BCUT2D eigenvalue weighted by atomic mass is 16.4. The van der Waals surface area contributed by atoms with E-state index in [1.54, 1.807) is 0 Å². The van der Waals surface area contributed by atoms with Gasteiger partial charge in [-0.3, -0.25) is 4.79 Å². The molecule has 0 saturated heterocycles. The number of hydrogen-bond acceptors (Lipinski definition) is 1. The Balaban J connectivity index is 0. The van der Waals surface area contributed by atoms with Crippen molar-refractivity contribution in [3.8, 4) is 0 Å². The van der Waals surface area contributed by atoms with Crippen LogP contribution in [-0.2, 0) is 4.79 Å². The molecular formula is C5H12O2. The number of aliphatic carboxylic acids is 1. The van der Waals surface area contributed by atoms with Crippen LogP contribution in [0.3, 0.4) is 0 Å². The molecule has 0 aromatic rings. The first-order valence-electron chi connectivity index (χ1n) is 2.34. The molecule has 0 bridgehead atoms. The van der Waals surface area contributed by atoms with Gasteiger partial charge in [0, 0.05) is 6.92 Å². The van der Waals surface area contributed by atoms with Crippen LogP contribution >= 0.6 is 0 Å². The van der Waals surface area contributed by atoms with E-state index in [1.807, 2.05) is 0 Å². The molecule has 0 aliphatic carbocycles. The molecule has 0 saturated carbocycles. The molecule has 0 unspecified atom stereocenters. The predicted molar refractivity (Wildman–Crippen MR) is 29.3 cm³/mol. The summed E-state index contributed by atoms with van der Waals surface area (Å²) in [4.78, 5) is 9.00. The molecule has 0 aliphatic rings. The van der Waals surface area contributed by atoms with E-state index in [2.05, 4.69) is 13.8 Å². The van der Waals surface area contributed by atoms with Gasteiger partial charge in [0.25, 0.3) is 5.97 Å². The fraction of sp³-hybridized carbons (Fsp3) is 0.800. The van der Waals surface area contributed by atoms with Crippen LogP contribution in [0, 0.1) is 0 Å². The van der Waals surface area contributed by atoms with Crippen molar-refractivity contribution in [3.63, 3.8) is 0 Å². The Morgan fingerprint density at radius 2 is 1.57 bits per heavy atom. The van der Waals surface area contributed by atoms with Gasteiger partial charge in [-0.2, -0.15) is 0 Å². The summed E-state index contributed by atoms with van der Waals surface area (Å²) in [7, 11) is 0. The fourth-order valence-electron chi connectivity index (χ4n) is 0. The molecule has 0 rings (SSSR count). The maximum Gasteiger partial charge on any atom is 0.300 e. The molecule has 0 aliphatic heterocycles. The summed E-state index contributed by atoms with van der Waals surface area (Å²) in [5.74, 6) is -0.833. The third-order valence-corrected chi connectivity index (χ3v) is 0.